The summed E-state index contributed by atoms with van der Waals surface area (Å²) in [6, 6.07) is 10.9. The second kappa shape index (κ2) is 7.09. The van der Waals surface area contributed by atoms with Crippen LogP contribution in [0.3, 0.4) is 0 Å². The first-order valence-electron chi connectivity index (χ1n) is 6.44. The van der Waals surface area contributed by atoms with Crippen molar-refractivity contribution in [2.24, 2.45) is 0 Å². The quantitative estimate of drug-likeness (QED) is 0.775. The molecule has 0 spiro atoms. The van der Waals surface area contributed by atoms with Gasteiger partial charge in [-0.1, -0.05) is 17.7 Å². The summed E-state index contributed by atoms with van der Waals surface area (Å²) in [6.45, 7) is 2.08. The van der Waals surface area contributed by atoms with Gasteiger partial charge in [0.25, 0.3) is 0 Å². The van der Waals surface area contributed by atoms with Crippen molar-refractivity contribution in [2.75, 3.05) is 6.61 Å². The van der Waals surface area contributed by atoms with Crippen LogP contribution in [0.2, 0.25) is 5.02 Å². The molecule has 0 unspecified atom stereocenters. The largest absolute Gasteiger partial charge is 0.489 e. The molecule has 0 saturated carbocycles. The van der Waals surface area contributed by atoms with Gasteiger partial charge in [-0.3, -0.25) is 0 Å². The lowest BCUT2D eigenvalue weighted by molar-refractivity contribution is 0.0526. The predicted molar refractivity (Wildman–Crippen MR) is 78.1 cm³/mol. The first kappa shape index (κ1) is 15.3. The fraction of sp³-hybridized carbons (Fsp3) is 0.188. The zero-order chi connectivity index (χ0) is 15.2. The van der Waals surface area contributed by atoms with Crippen LogP contribution in [0.25, 0.3) is 0 Å². The van der Waals surface area contributed by atoms with E-state index in [1.807, 2.05) is 0 Å². The highest BCUT2D eigenvalue weighted by molar-refractivity contribution is 6.31. The molecular weight excluding hydrogens is 295 g/mol. The van der Waals surface area contributed by atoms with Crippen molar-refractivity contribution in [1.82, 2.24) is 0 Å². The van der Waals surface area contributed by atoms with Gasteiger partial charge in [0, 0.05) is 5.56 Å². The minimum absolute atomic E-state index is 0.0181. The molecule has 2 aromatic rings. The molecule has 0 aliphatic rings. The lowest BCUT2D eigenvalue weighted by Gasteiger charge is -2.09. The molecule has 0 heterocycles. The molecule has 0 aliphatic carbocycles. The average molecular weight is 309 g/mol. The maximum absolute atomic E-state index is 13.6. The monoisotopic (exact) mass is 308 g/mol. The van der Waals surface area contributed by atoms with Gasteiger partial charge < -0.3 is 9.47 Å². The summed E-state index contributed by atoms with van der Waals surface area (Å²) in [7, 11) is 0. The van der Waals surface area contributed by atoms with Crippen molar-refractivity contribution in [3.05, 3.63) is 64.4 Å². The Morgan fingerprint density at radius 2 is 1.90 bits per heavy atom. The average Bonchev–Trinajstić information content (AvgIpc) is 2.47. The van der Waals surface area contributed by atoms with Gasteiger partial charge in [0.1, 0.15) is 18.2 Å². The summed E-state index contributed by atoms with van der Waals surface area (Å²) >= 11 is 5.92. The van der Waals surface area contributed by atoms with Crippen LogP contribution in [0.1, 0.15) is 22.8 Å². The van der Waals surface area contributed by atoms with Crippen LogP contribution in [-0.4, -0.2) is 12.6 Å². The number of benzene rings is 2. The molecule has 0 bridgehead atoms. The standard InChI is InChI=1S/C16H14ClFO3/c1-2-20-16(19)11-6-8-12(9-7-11)21-10-13-14(17)4-3-5-15(13)18/h3-9H,2,10H2,1H3. The van der Waals surface area contributed by atoms with E-state index in [1.54, 1.807) is 37.3 Å². The molecule has 0 amide bonds. The van der Waals surface area contributed by atoms with Crippen LogP contribution in [0, 0.1) is 5.82 Å². The molecule has 0 aromatic heterocycles. The number of hydrogen-bond acceptors (Lipinski definition) is 3. The second-order valence-corrected chi connectivity index (χ2v) is 4.64. The van der Waals surface area contributed by atoms with Crippen LogP contribution in [0.15, 0.2) is 42.5 Å². The molecular formula is C16H14ClFO3. The smallest absolute Gasteiger partial charge is 0.338 e. The predicted octanol–water partition coefficient (Wildman–Crippen LogP) is 4.23. The van der Waals surface area contributed by atoms with Gasteiger partial charge >= 0.3 is 5.97 Å². The van der Waals surface area contributed by atoms with Crippen molar-refractivity contribution >= 4 is 17.6 Å². The first-order valence-corrected chi connectivity index (χ1v) is 6.82. The minimum Gasteiger partial charge on any atom is -0.489 e. The van der Waals surface area contributed by atoms with Crippen molar-refractivity contribution in [3.8, 4) is 5.75 Å². The Morgan fingerprint density at radius 1 is 1.19 bits per heavy atom. The maximum atomic E-state index is 13.6. The molecule has 0 N–H and O–H groups in total. The van der Waals surface area contributed by atoms with Crippen molar-refractivity contribution in [3.63, 3.8) is 0 Å². The molecule has 0 radical (unpaired) electrons. The SMILES string of the molecule is CCOC(=O)c1ccc(OCc2c(F)cccc2Cl)cc1. The van der Waals surface area contributed by atoms with Crippen LogP contribution < -0.4 is 4.74 Å². The minimum atomic E-state index is -0.411. The summed E-state index contributed by atoms with van der Waals surface area (Å²) in [5.41, 5.74) is 0.738. The van der Waals surface area contributed by atoms with E-state index in [1.165, 1.54) is 12.1 Å². The van der Waals surface area contributed by atoms with Crippen LogP contribution in [-0.2, 0) is 11.3 Å². The summed E-state index contributed by atoms with van der Waals surface area (Å²) < 4.78 is 23.9. The van der Waals surface area contributed by atoms with E-state index in [0.717, 1.165) is 0 Å². The number of carbonyl (C=O) groups excluding carboxylic acids is 1. The Balaban J connectivity index is 2.03. The number of esters is 1. The molecule has 2 aromatic carbocycles. The fourth-order valence-electron chi connectivity index (χ4n) is 1.73. The van der Waals surface area contributed by atoms with E-state index in [9.17, 15) is 9.18 Å². The second-order valence-electron chi connectivity index (χ2n) is 4.23. The molecule has 110 valence electrons. The fourth-order valence-corrected chi connectivity index (χ4v) is 1.94. The van der Waals surface area contributed by atoms with E-state index < -0.39 is 5.82 Å². The summed E-state index contributed by atoms with van der Waals surface area (Å²) in [5.74, 6) is -0.283. The highest BCUT2D eigenvalue weighted by atomic mass is 35.5. The van der Waals surface area contributed by atoms with E-state index in [0.29, 0.717) is 28.5 Å². The van der Waals surface area contributed by atoms with Gasteiger partial charge in [-0.05, 0) is 43.3 Å². The summed E-state index contributed by atoms with van der Waals surface area (Å²) in [5, 5.41) is 0.318. The number of rotatable bonds is 5. The first-order chi connectivity index (χ1) is 10.1. The molecule has 2 rings (SSSR count). The van der Waals surface area contributed by atoms with Gasteiger partial charge in [-0.15, -0.1) is 0 Å². The van der Waals surface area contributed by atoms with Gasteiger partial charge in [-0.25, -0.2) is 9.18 Å². The Hall–Kier alpha value is -2.07. The van der Waals surface area contributed by atoms with Crippen LogP contribution >= 0.6 is 11.6 Å². The Bertz CT molecular complexity index is 606. The van der Waals surface area contributed by atoms with Gasteiger partial charge in [0.15, 0.2) is 0 Å². The van der Waals surface area contributed by atoms with Gasteiger partial charge in [0.05, 0.1) is 17.2 Å². The van der Waals surface area contributed by atoms with E-state index in [4.69, 9.17) is 21.1 Å². The third-order valence-electron chi connectivity index (χ3n) is 2.81. The highest BCUT2D eigenvalue weighted by Gasteiger charge is 2.09. The number of carbonyl (C=O) groups is 1. The zero-order valence-corrected chi connectivity index (χ0v) is 12.2. The lowest BCUT2D eigenvalue weighted by atomic mass is 10.2. The van der Waals surface area contributed by atoms with Gasteiger partial charge in [-0.2, -0.15) is 0 Å². The number of ether oxygens (including phenoxy) is 2. The highest BCUT2D eigenvalue weighted by Crippen LogP contribution is 2.21. The van der Waals surface area contributed by atoms with Crippen molar-refractivity contribution in [2.45, 2.75) is 13.5 Å². The van der Waals surface area contributed by atoms with Crippen LogP contribution in [0.4, 0.5) is 4.39 Å². The normalized spacial score (nSPS) is 10.2. The number of halogens is 2. The molecule has 0 atom stereocenters. The third-order valence-corrected chi connectivity index (χ3v) is 3.16. The molecule has 5 heteroatoms. The van der Waals surface area contributed by atoms with Crippen molar-refractivity contribution < 1.29 is 18.7 Å². The molecule has 21 heavy (non-hydrogen) atoms. The zero-order valence-electron chi connectivity index (χ0n) is 11.4. The van der Waals surface area contributed by atoms with Crippen LogP contribution in [0.5, 0.6) is 5.75 Å². The molecule has 3 nitrogen and oxygen atoms in total. The topological polar surface area (TPSA) is 35.5 Å². The van der Waals surface area contributed by atoms with E-state index in [2.05, 4.69) is 0 Å². The van der Waals surface area contributed by atoms with Gasteiger partial charge in [0.2, 0.25) is 0 Å². The number of hydrogen-bond donors (Lipinski definition) is 0. The molecule has 0 fully saturated rings. The maximum Gasteiger partial charge on any atom is 0.338 e. The third kappa shape index (κ3) is 3.95. The van der Waals surface area contributed by atoms with E-state index >= 15 is 0 Å². The Kier molecular flexibility index (Phi) is 5.17. The summed E-state index contributed by atoms with van der Waals surface area (Å²) in [4.78, 5) is 11.5. The summed E-state index contributed by atoms with van der Waals surface area (Å²) in [6.07, 6.45) is 0. The Labute approximate surface area is 127 Å². The Morgan fingerprint density at radius 3 is 2.52 bits per heavy atom. The van der Waals surface area contributed by atoms with Crippen molar-refractivity contribution in [1.29, 1.82) is 0 Å². The van der Waals surface area contributed by atoms with E-state index in [-0.39, 0.29) is 12.6 Å². The molecule has 0 aliphatic heterocycles. The lowest BCUT2D eigenvalue weighted by Crippen LogP contribution is -2.04. The molecule has 0 saturated heterocycles.